The third kappa shape index (κ3) is 12.1. The van der Waals surface area contributed by atoms with E-state index in [1.807, 2.05) is 44.7 Å². The minimum absolute atomic E-state index is 0.0710. The Bertz CT molecular complexity index is 1250. The molecule has 8 heteroatoms. The van der Waals surface area contributed by atoms with Gasteiger partial charge in [-0.05, 0) is 70.5 Å². The molecule has 1 saturated heterocycles. The van der Waals surface area contributed by atoms with Crippen LogP contribution in [0.3, 0.4) is 0 Å². The van der Waals surface area contributed by atoms with E-state index in [-0.39, 0.29) is 11.5 Å². The molecule has 1 N–H and O–H groups in total. The molecule has 0 atom stereocenters. The number of nitrogens with zero attached hydrogens (tertiary/aromatic N) is 2. The maximum absolute atomic E-state index is 12.9. The number of carbonyl (C=O) groups excluding carboxylic acids is 2. The number of Topliss-reactive ketones (excluding diaryl/α,β-unsaturated/α-hetero) is 1. The second-order valence-corrected chi connectivity index (χ2v) is 10.2. The van der Waals surface area contributed by atoms with Gasteiger partial charge >= 0.3 is 6.18 Å². The average Bonchev–Trinajstić information content (AvgIpc) is 2.90. The van der Waals surface area contributed by atoms with Gasteiger partial charge in [-0.25, -0.2) is 0 Å². The van der Waals surface area contributed by atoms with E-state index in [9.17, 15) is 22.8 Å². The van der Waals surface area contributed by atoms with Crippen LogP contribution < -0.4 is 10.2 Å². The molecule has 0 unspecified atom stereocenters. The lowest BCUT2D eigenvalue weighted by Crippen LogP contribution is -2.37. The van der Waals surface area contributed by atoms with Crippen LogP contribution in [0, 0.1) is 6.92 Å². The largest absolute Gasteiger partial charge is 0.416 e. The van der Waals surface area contributed by atoms with Crippen LogP contribution in [0.5, 0.6) is 0 Å². The summed E-state index contributed by atoms with van der Waals surface area (Å²) in [6, 6.07) is 9.66. The van der Waals surface area contributed by atoms with Crippen molar-refractivity contribution in [2.24, 2.45) is 0 Å². The van der Waals surface area contributed by atoms with Crippen molar-refractivity contribution in [3.8, 4) is 0 Å². The van der Waals surface area contributed by atoms with Crippen LogP contribution in [0.1, 0.15) is 69.4 Å². The molecule has 2 aromatic rings. The molecule has 1 aliphatic rings. The summed E-state index contributed by atoms with van der Waals surface area (Å²) < 4.78 is 38.8. The normalized spacial score (nSPS) is 13.7. The molecule has 5 nitrogen and oxygen atoms in total. The second kappa shape index (κ2) is 16.5. The molecule has 0 saturated carbocycles. The third-order valence-electron chi connectivity index (χ3n) is 5.75. The van der Waals surface area contributed by atoms with Gasteiger partial charge in [0.2, 0.25) is 0 Å². The Morgan fingerprint density at radius 2 is 1.59 bits per heavy atom. The van der Waals surface area contributed by atoms with Crippen molar-refractivity contribution in [2.45, 2.75) is 61.1 Å². The molecule has 41 heavy (non-hydrogen) atoms. The van der Waals surface area contributed by atoms with E-state index in [2.05, 4.69) is 45.2 Å². The smallest absolute Gasteiger partial charge is 0.383 e. The van der Waals surface area contributed by atoms with Crippen LogP contribution in [-0.2, 0) is 11.0 Å². The Balaban J connectivity index is 0.000000725. The minimum Gasteiger partial charge on any atom is -0.383 e. The summed E-state index contributed by atoms with van der Waals surface area (Å²) in [6.07, 6.45) is 1.93. The first-order valence-electron chi connectivity index (χ1n) is 13.7. The fourth-order valence-corrected chi connectivity index (χ4v) is 3.80. The molecular weight excluding hydrogens is 527 g/mol. The number of ketones is 1. The van der Waals surface area contributed by atoms with Crippen LogP contribution in [0.2, 0.25) is 0 Å². The molecule has 1 aliphatic heterocycles. The number of aryl methyl sites for hydroxylation is 1. The van der Waals surface area contributed by atoms with Crippen molar-refractivity contribution in [1.82, 2.24) is 4.90 Å². The molecule has 224 valence electrons. The van der Waals surface area contributed by atoms with Gasteiger partial charge in [-0.1, -0.05) is 49.3 Å². The number of hydrogen-bond acceptors (Lipinski definition) is 4. The maximum atomic E-state index is 12.9. The second-order valence-electron chi connectivity index (χ2n) is 10.2. The lowest BCUT2D eigenvalue weighted by Gasteiger charge is -2.31. The predicted molar refractivity (Wildman–Crippen MR) is 164 cm³/mol. The minimum atomic E-state index is -4.48. The molecule has 0 radical (unpaired) electrons. The number of rotatable bonds is 5. The number of hydrogen-bond donors (Lipinski definition) is 1. The van der Waals surface area contributed by atoms with Crippen molar-refractivity contribution < 1.29 is 22.8 Å². The summed E-state index contributed by atoms with van der Waals surface area (Å²) in [5.74, 6) is -0.404. The predicted octanol–water partition coefficient (Wildman–Crippen LogP) is 8.44. The summed E-state index contributed by atoms with van der Waals surface area (Å²) in [4.78, 5) is 28.8. The number of amides is 1. The highest BCUT2D eigenvalue weighted by molar-refractivity contribution is 6.05. The standard InChI is InChI=1S/C23H24F3N3O2.C8H14.C2H6/c1-15-7-8-16(22(31)27-19-6-4-5-18(12-19)23(24,25)26)11-20(15)29-10-9-21(30)17(14-29)13-28(2)3;1-7(2)5-6-8(3)4;1-2/h4-8,11-13H,9-10,14H2,1-3H3,(H,27,31);5-6H,1-4H3;1-2H3/b17-13-;;. The van der Waals surface area contributed by atoms with E-state index in [1.165, 1.54) is 23.3 Å². The highest BCUT2D eigenvalue weighted by Gasteiger charge is 2.30. The number of nitrogens with one attached hydrogen (secondary N) is 1. The summed E-state index contributed by atoms with van der Waals surface area (Å²) in [6.45, 7) is 15.3. The molecule has 3 rings (SSSR count). The summed E-state index contributed by atoms with van der Waals surface area (Å²) in [5, 5.41) is 2.53. The highest BCUT2D eigenvalue weighted by atomic mass is 19.4. The van der Waals surface area contributed by atoms with Crippen LogP contribution >= 0.6 is 0 Å². The van der Waals surface area contributed by atoms with Crippen molar-refractivity contribution >= 4 is 23.1 Å². The van der Waals surface area contributed by atoms with E-state index in [0.717, 1.165) is 23.4 Å². The van der Waals surface area contributed by atoms with Gasteiger partial charge in [0.15, 0.2) is 5.78 Å². The zero-order valence-electron chi connectivity index (χ0n) is 25.7. The quantitative estimate of drug-likeness (QED) is 0.289. The first-order valence-corrected chi connectivity index (χ1v) is 13.7. The van der Waals surface area contributed by atoms with Gasteiger partial charge in [-0.2, -0.15) is 13.2 Å². The van der Waals surface area contributed by atoms with E-state index in [1.54, 1.807) is 24.4 Å². The van der Waals surface area contributed by atoms with Crippen LogP contribution in [0.4, 0.5) is 24.5 Å². The third-order valence-corrected chi connectivity index (χ3v) is 5.75. The number of carbonyl (C=O) groups is 2. The van der Waals surface area contributed by atoms with Gasteiger partial charge in [-0.3, -0.25) is 9.59 Å². The Hall–Kier alpha value is -3.81. The highest BCUT2D eigenvalue weighted by Crippen LogP contribution is 2.31. The molecule has 2 aromatic carbocycles. The number of alkyl halides is 3. The average molecular weight is 572 g/mol. The summed E-state index contributed by atoms with van der Waals surface area (Å²) in [7, 11) is 3.70. The van der Waals surface area contributed by atoms with E-state index in [0.29, 0.717) is 30.6 Å². The van der Waals surface area contributed by atoms with Gasteiger partial charge in [0, 0.05) is 62.3 Å². The Morgan fingerprint density at radius 3 is 2.12 bits per heavy atom. The molecule has 0 aromatic heterocycles. The first-order chi connectivity index (χ1) is 19.2. The molecule has 1 fully saturated rings. The zero-order chi connectivity index (χ0) is 31.3. The fourth-order valence-electron chi connectivity index (χ4n) is 3.80. The SMILES string of the molecule is CC.CC(C)=CC=C(C)C.Cc1ccc(C(=O)Nc2cccc(C(F)(F)F)c2)cc1N1CCC(=O)/C(=C\N(C)C)C1. The lowest BCUT2D eigenvalue weighted by molar-refractivity contribution is -0.137. The number of halogens is 3. The molecule has 0 aliphatic carbocycles. The summed E-state index contributed by atoms with van der Waals surface area (Å²) >= 11 is 0. The molecular formula is C33H44F3N3O2. The van der Waals surface area contributed by atoms with Gasteiger partial charge in [0.05, 0.1) is 5.56 Å². The van der Waals surface area contributed by atoms with Gasteiger partial charge < -0.3 is 15.1 Å². The van der Waals surface area contributed by atoms with Crippen LogP contribution in [0.15, 0.2) is 77.5 Å². The number of anilines is 2. The van der Waals surface area contributed by atoms with Crippen molar-refractivity contribution in [1.29, 1.82) is 0 Å². The van der Waals surface area contributed by atoms with Gasteiger partial charge in [-0.15, -0.1) is 0 Å². The molecule has 0 bridgehead atoms. The monoisotopic (exact) mass is 571 g/mol. The van der Waals surface area contributed by atoms with E-state index >= 15 is 0 Å². The zero-order valence-corrected chi connectivity index (χ0v) is 25.7. The first kappa shape index (κ1) is 35.2. The van der Waals surface area contributed by atoms with Crippen LogP contribution in [0.25, 0.3) is 0 Å². The number of piperidine rings is 1. The molecule has 0 spiro atoms. The van der Waals surface area contributed by atoms with E-state index < -0.39 is 17.6 Å². The Morgan fingerprint density at radius 1 is 0.976 bits per heavy atom. The Kier molecular flexibility index (Phi) is 14.1. The van der Waals surface area contributed by atoms with E-state index in [4.69, 9.17) is 0 Å². The van der Waals surface area contributed by atoms with Gasteiger partial charge in [0.1, 0.15) is 0 Å². The van der Waals surface area contributed by atoms with Crippen molar-refractivity contribution in [3.05, 3.63) is 94.2 Å². The van der Waals surface area contributed by atoms with Crippen molar-refractivity contribution in [3.63, 3.8) is 0 Å². The lowest BCUT2D eigenvalue weighted by atomic mass is 10.0. The molecule has 1 heterocycles. The number of benzene rings is 2. The Labute approximate surface area is 243 Å². The number of allylic oxidation sites excluding steroid dienone is 4. The van der Waals surface area contributed by atoms with Gasteiger partial charge in [0.25, 0.3) is 5.91 Å². The molecule has 1 amide bonds. The fraction of sp³-hybridized carbons (Fsp3) is 0.394. The maximum Gasteiger partial charge on any atom is 0.416 e. The summed E-state index contributed by atoms with van der Waals surface area (Å²) in [5.41, 5.74) is 4.72. The van der Waals surface area contributed by atoms with Crippen molar-refractivity contribution in [2.75, 3.05) is 37.4 Å². The van der Waals surface area contributed by atoms with Crippen LogP contribution in [-0.4, -0.2) is 43.8 Å². The topological polar surface area (TPSA) is 52.7 Å².